The average molecular weight is 354 g/mol. The first-order chi connectivity index (χ1) is 12.7. The summed E-state index contributed by atoms with van der Waals surface area (Å²) < 4.78 is 5.57. The first-order valence-corrected chi connectivity index (χ1v) is 9.16. The van der Waals surface area contributed by atoms with E-state index in [0.717, 1.165) is 38.4 Å². The van der Waals surface area contributed by atoms with Gasteiger partial charge in [0.15, 0.2) is 0 Å². The van der Waals surface area contributed by atoms with Crippen molar-refractivity contribution in [1.82, 2.24) is 9.88 Å². The number of hydrogen-bond acceptors (Lipinski definition) is 5. The molecule has 26 heavy (non-hydrogen) atoms. The second-order valence-corrected chi connectivity index (χ2v) is 6.24. The molecular formula is C20H26N4O2. The van der Waals surface area contributed by atoms with Gasteiger partial charge in [0, 0.05) is 32.4 Å². The largest absolute Gasteiger partial charge is 0.492 e. The summed E-state index contributed by atoms with van der Waals surface area (Å²) in [6.07, 6.45) is 3.43. The Morgan fingerprint density at radius 3 is 2.65 bits per heavy atom. The average Bonchev–Trinajstić information content (AvgIpc) is 2.70. The number of rotatable bonds is 6. The van der Waals surface area contributed by atoms with Gasteiger partial charge < -0.3 is 19.9 Å². The van der Waals surface area contributed by atoms with E-state index in [0.29, 0.717) is 23.6 Å². The Kier molecular flexibility index (Phi) is 6.07. The molecule has 0 aliphatic carbocycles. The van der Waals surface area contributed by atoms with Gasteiger partial charge in [0.1, 0.15) is 5.75 Å². The van der Waals surface area contributed by atoms with E-state index in [2.05, 4.69) is 27.0 Å². The molecule has 6 nitrogen and oxygen atoms in total. The zero-order chi connectivity index (χ0) is 18.4. The monoisotopic (exact) mass is 354 g/mol. The highest BCUT2D eigenvalue weighted by molar-refractivity contribution is 6.05. The van der Waals surface area contributed by atoms with Crippen molar-refractivity contribution in [2.24, 2.45) is 0 Å². The molecule has 0 atom stereocenters. The summed E-state index contributed by atoms with van der Waals surface area (Å²) in [5, 5.41) is 2.93. The number of amides is 1. The Balaban J connectivity index is 1.71. The number of ether oxygens (including phenoxy) is 1. The lowest BCUT2D eigenvalue weighted by atomic mass is 10.2. The number of nitrogens with one attached hydrogen (secondary N) is 1. The van der Waals surface area contributed by atoms with Crippen LogP contribution in [0.2, 0.25) is 0 Å². The number of likely N-dealkylation sites (N-methyl/N-ethyl adjacent to an activating group) is 1. The van der Waals surface area contributed by atoms with Gasteiger partial charge in [-0.2, -0.15) is 0 Å². The predicted octanol–water partition coefficient (Wildman–Crippen LogP) is 2.87. The molecule has 1 N–H and O–H groups in total. The van der Waals surface area contributed by atoms with Gasteiger partial charge in [-0.3, -0.25) is 9.78 Å². The van der Waals surface area contributed by atoms with Crippen molar-refractivity contribution >= 4 is 17.3 Å². The zero-order valence-electron chi connectivity index (χ0n) is 15.4. The second kappa shape index (κ2) is 8.67. The molecule has 1 saturated heterocycles. The molecule has 2 aromatic rings. The maximum Gasteiger partial charge on any atom is 0.257 e. The van der Waals surface area contributed by atoms with Gasteiger partial charge in [-0.15, -0.1) is 0 Å². The van der Waals surface area contributed by atoms with E-state index < -0.39 is 0 Å². The van der Waals surface area contributed by atoms with E-state index in [1.54, 1.807) is 6.20 Å². The number of para-hydroxylation sites is 2. The first-order valence-electron chi connectivity index (χ1n) is 9.16. The molecule has 0 bridgehead atoms. The fraction of sp³-hybridized carbons (Fsp3) is 0.400. The minimum Gasteiger partial charge on any atom is -0.492 e. The topological polar surface area (TPSA) is 57.7 Å². The van der Waals surface area contributed by atoms with E-state index in [1.165, 1.54) is 0 Å². The Morgan fingerprint density at radius 1 is 1.15 bits per heavy atom. The minimum absolute atomic E-state index is 0.182. The van der Waals surface area contributed by atoms with Crippen molar-refractivity contribution < 1.29 is 9.53 Å². The molecule has 3 rings (SSSR count). The van der Waals surface area contributed by atoms with Crippen molar-refractivity contribution in [3.8, 4) is 5.75 Å². The molecule has 1 aliphatic heterocycles. The Hall–Kier alpha value is -2.60. The van der Waals surface area contributed by atoms with Crippen LogP contribution in [0.1, 0.15) is 24.2 Å². The molecule has 1 aromatic carbocycles. The predicted molar refractivity (Wildman–Crippen MR) is 104 cm³/mol. The van der Waals surface area contributed by atoms with Crippen LogP contribution in [0.25, 0.3) is 0 Å². The summed E-state index contributed by atoms with van der Waals surface area (Å²) >= 11 is 0. The van der Waals surface area contributed by atoms with E-state index in [1.807, 2.05) is 43.5 Å². The lowest BCUT2D eigenvalue weighted by Crippen LogP contribution is -2.46. The third-order valence-electron chi connectivity index (χ3n) is 4.61. The molecule has 0 saturated carbocycles. The molecule has 1 amide bonds. The summed E-state index contributed by atoms with van der Waals surface area (Å²) in [7, 11) is 0. The Morgan fingerprint density at radius 2 is 1.92 bits per heavy atom. The molecule has 138 valence electrons. The van der Waals surface area contributed by atoms with Gasteiger partial charge in [0.25, 0.3) is 5.91 Å². The number of piperazine rings is 1. The molecule has 0 radical (unpaired) electrons. The molecular weight excluding hydrogens is 328 g/mol. The molecule has 6 heteroatoms. The Bertz CT molecular complexity index is 742. The number of anilines is 2. The number of hydrogen-bond donors (Lipinski definition) is 1. The van der Waals surface area contributed by atoms with Gasteiger partial charge in [0.05, 0.1) is 29.7 Å². The fourth-order valence-corrected chi connectivity index (χ4v) is 3.09. The van der Waals surface area contributed by atoms with Gasteiger partial charge in [-0.1, -0.05) is 19.1 Å². The number of benzene rings is 1. The number of nitrogens with zero attached hydrogens (tertiary/aromatic N) is 3. The maximum absolute atomic E-state index is 12.7. The van der Waals surface area contributed by atoms with Crippen LogP contribution in [-0.2, 0) is 0 Å². The van der Waals surface area contributed by atoms with Crippen molar-refractivity contribution in [3.05, 3.63) is 48.3 Å². The molecule has 1 fully saturated rings. The van der Waals surface area contributed by atoms with E-state index in [4.69, 9.17) is 4.74 Å². The molecule has 2 heterocycles. The minimum atomic E-state index is -0.182. The lowest BCUT2D eigenvalue weighted by molar-refractivity contribution is 0.102. The van der Waals surface area contributed by atoms with Gasteiger partial charge in [0.2, 0.25) is 0 Å². The number of carbonyl (C=O) groups is 1. The van der Waals surface area contributed by atoms with Crippen LogP contribution in [0.15, 0.2) is 42.7 Å². The van der Waals surface area contributed by atoms with Crippen LogP contribution in [0.3, 0.4) is 0 Å². The summed E-state index contributed by atoms with van der Waals surface area (Å²) in [6, 6.07) is 9.36. The fourth-order valence-electron chi connectivity index (χ4n) is 3.09. The van der Waals surface area contributed by atoms with Crippen LogP contribution in [0.5, 0.6) is 5.75 Å². The van der Waals surface area contributed by atoms with E-state index in [-0.39, 0.29) is 5.91 Å². The summed E-state index contributed by atoms with van der Waals surface area (Å²) in [6.45, 7) is 9.71. The zero-order valence-corrected chi connectivity index (χ0v) is 15.4. The third-order valence-corrected chi connectivity index (χ3v) is 4.61. The highest BCUT2D eigenvalue weighted by Gasteiger charge is 2.18. The SMILES string of the molecule is CCOc1ccccc1NC(=O)c1cncc(N2CCN(CC)CC2)c1. The molecule has 1 aromatic heterocycles. The number of pyridine rings is 1. The van der Waals surface area contributed by atoms with Crippen molar-refractivity contribution in [3.63, 3.8) is 0 Å². The van der Waals surface area contributed by atoms with Gasteiger partial charge in [-0.25, -0.2) is 0 Å². The van der Waals surface area contributed by atoms with Gasteiger partial charge >= 0.3 is 0 Å². The van der Waals surface area contributed by atoms with Gasteiger partial charge in [-0.05, 0) is 31.7 Å². The lowest BCUT2D eigenvalue weighted by Gasteiger charge is -2.35. The summed E-state index contributed by atoms with van der Waals surface area (Å²) in [5.41, 5.74) is 2.21. The van der Waals surface area contributed by atoms with E-state index >= 15 is 0 Å². The molecule has 1 aliphatic rings. The van der Waals surface area contributed by atoms with Crippen LogP contribution < -0.4 is 15.0 Å². The molecule has 0 unspecified atom stereocenters. The van der Waals surface area contributed by atoms with Crippen molar-refractivity contribution in [2.75, 3.05) is 49.5 Å². The molecule has 0 spiro atoms. The highest BCUT2D eigenvalue weighted by Crippen LogP contribution is 2.25. The first kappa shape index (κ1) is 18.2. The van der Waals surface area contributed by atoms with Crippen LogP contribution in [-0.4, -0.2) is 55.1 Å². The Labute approximate surface area is 154 Å². The standard InChI is InChI=1S/C20H26N4O2/c1-3-23-9-11-24(12-10-23)17-13-16(14-21-15-17)20(25)22-18-7-5-6-8-19(18)26-4-2/h5-8,13-15H,3-4,9-12H2,1-2H3,(H,22,25). The second-order valence-electron chi connectivity index (χ2n) is 6.24. The van der Waals surface area contributed by atoms with Crippen molar-refractivity contribution in [2.45, 2.75) is 13.8 Å². The number of aromatic nitrogens is 1. The normalized spacial score (nSPS) is 14.9. The van der Waals surface area contributed by atoms with Crippen LogP contribution in [0.4, 0.5) is 11.4 Å². The summed E-state index contributed by atoms with van der Waals surface area (Å²) in [4.78, 5) is 21.6. The highest BCUT2D eigenvalue weighted by atomic mass is 16.5. The van der Waals surface area contributed by atoms with Crippen LogP contribution >= 0.6 is 0 Å². The smallest absolute Gasteiger partial charge is 0.257 e. The quantitative estimate of drug-likeness (QED) is 0.864. The maximum atomic E-state index is 12.7. The number of carbonyl (C=O) groups excluding carboxylic acids is 1. The van der Waals surface area contributed by atoms with Crippen LogP contribution in [0, 0.1) is 0 Å². The summed E-state index contributed by atoms with van der Waals surface area (Å²) in [5.74, 6) is 0.488. The third kappa shape index (κ3) is 4.32. The van der Waals surface area contributed by atoms with Crippen molar-refractivity contribution in [1.29, 1.82) is 0 Å². The van der Waals surface area contributed by atoms with E-state index in [9.17, 15) is 4.79 Å².